The highest BCUT2D eigenvalue weighted by atomic mass is 79.9. The molecule has 0 aliphatic heterocycles. The van der Waals surface area contributed by atoms with Crippen LogP contribution in [0.1, 0.15) is 42.5 Å². The number of nitrogen functional groups attached to an aromatic ring is 1. The van der Waals surface area contributed by atoms with E-state index in [0.717, 1.165) is 11.0 Å². The zero-order chi connectivity index (χ0) is 14.6. The van der Waals surface area contributed by atoms with E-state index in [2.05, 4.69) is 27.5 Å². The molecule has 110 valence electrons. The highest BCUT2D eigenvalue weighted by Crippen LogP contribution is 2.38. The summed E-state index contributed by atoms with van der Waals surface area (Å²) >= 11 is 5.26. The summed E-state index contributed by atoms with van der Waals surface area (Å²) in [6.45, 7) is 0.721. The van der Waals surface area contributed by atoms with Crippen LogP contribution in [0, 0.1) is 0 Å². The van der Waals surface area contributed by atoms with E-state index in [1.165, 1.54) is 32.1 Å². The van der Waals surface area contributed by atoms with Gasteiger partial charge < -0.3 is 11.1 Å². The van der Waals surface area contributed by atoms with Gasteiger partial charge in [-0.2, -0.15) is 11.8 Å². The largest absolute Gasteiger partial charge is 0.398 e. The lowest BCUT2D eigenvalue weighted by Gasteiger charge is -2.35. The Labute approximate surface area is 133 Å². The zero-order valence-corrected chi connectivity index (χ0v) is 14.1. The lowest BCUT2D eigenvalue weighted by molar-refractivity contribution is 0.0947. The van der Waals surface area contributed by atoms with Gasteiger partial charge in [-0.1, -0.05) is 35.2 Å². The van der Waals surface area contributed by atoms with Crippen molar-refractivity contribution in [3.8, 4) is 0 Å². The predicted molar refractivity (Wildman–Crippen MR) is 90.2 cm³/mol. The minimum atomic E-state index is -0.0807. The molecule has 0 aromatic heterocycles. The second-order valence-corrected chi connectivity index (χ2v) is 7.55. The molecule has 3 N–H and O–H groups in total. The number of halogens is 1. The Hall–Kier alpha value is -0.680. The molecule has 1 aliphatic rings. The molecule has 1 aromatic rings. The molecule has 0 saturated heterocycles. The van der Waals surface area contributed by atoms with Gasteiger partial charge >= 0.3 is 0 Å². The molecule has 5 heteroatoms. The van der Waals surface area contributed by atoms with Crippen molar-refractivity contribution in [1.82, 2.24) is 5.32 Å². The molecule has 0 spiro atoms. The first kappa shape index (κ1) is 15.7. The lowest BCUT2D eigenvalue weighted by Crippen LogP contribution is -2.41. The van der Waals surface area contributed by atoms with Crippen molar-refractivity contribution in [3.05, 3.63) is 28.2 Å². The molecular formula is C15H21BrN2OS. The molecule has 0 unspecified atom stereocenters. The molecule has 20 heavy (non-hydrogen) atoms. The summed E-state index contributed by atoms with van der Waals surface area (Å²) in [6.07, 6.45) is 8.34. The number of thioether (sulfide) groups is 1. The summed E-state index contributed by atoms with van der Waals surface area (Å²) in [5.74, 6) is -0.0807. The van der Waals surface area contributed by atoms with Crippen LogP contribution in [0.15, 0.2) is 22.7 Å². The molecule has 0 heterocycles. The monoisotopic (exact) mass is 356 g/mol. The van der Waals surface area contributed by atoms with E-state index in [1.807, 2.05) is 17.8 Å². The van der Waals surface area contributed by atoms with Gasteiger partial charge in [-0.15, -0.1) is 0 Å². The number of amides is 1. The minimum Gasteiger partial charge on any atom is -0.398 e. The maximum atomic E-state index is 12.3. The van der Waals surface area contributed by atoms with Crippen LogP contribution in [0.5, 0.6) is 0 Å². The van der Waals surface area contributed by atoms with Crippen molar-refractivity contribution in [2.75, 3.05) is 18.5 Å². The van der Waals surface area contributed by atoms with E-state index in [-0.39, 0.29) is 10.7 Å². The average molecular weight is 357 g/mol. The molecule has 1 aromatic carbocycles. The summed E-state index contributed by atoms with van der Waals surface area (Å²) < 4.78 is 1.07. The van der Waals surface area contributed by atoms with Gasteiger partial charge in [-0.3, -0.25) is 4.79 Å². The number of hydrogen-bond donors (Lipinski definition) is 2. The summed E-state index contributed by atoms with van der Waals surface area (Å²) in [5, 5.41) is 3.07. The third-order valence-corrected chi connectivity index (χ3v) is 5.94. The highest BCUT2D eigenvalue weighted by molar-refractivity contribution is 9.10. The predicted octanol–water partition coefficient (Wildman–Crippen LogP) is 3.83. The second kappa shape index (κ2) is 6.85. The Kier molecular flexibility index (Phi) is 5.38. The molecule has 1 saturated carbocycles. The van der Waals surface area contributed by atoms with Gasteiger partial charge in [0.25, 0.3) is 5.91 Å². The van der Waals surface area contributed by atoms with Crippen molar-refractivity contribution < 1.29 is 4.79 Å². The Morgan fingerprint density at radius 1 is 1.40 bits per heavy atom. The minimum absolute atomic E-state index is 0.0807. The molecule has 2 rings (SSSR count). The normalized spacial score (nSPS) is 17.7. The molecule has 0 atom stereocenters. The van der Waals surface area contributed by atoms with Crippen LogP contribution in [0.4, 0.5) is 5.69 Å². The number of anilines is 1. The third-order valence-electron chi connectivity index (χ3n) is 4.03. The summed E-state index contributed by atoms with van der Waals surface area (Å²) in [5.41, 5.74) is 6.95. The van der Waals surface area contributed by atoms with Crippen molar-refractivity contribution in [1.29, 1.82) is 0 Å². The van der Waals surface area contributed by atoms with E-state index in [1.54, 1.807) is 12.1 Å². The first-order valence-electron chi connectivity index (χ1n) is 6.95. The van der Waals surface area contributed by atoms with Gasteiger partial charge in [0.05, 0.1) is 5.56 Å². The Bertz CT molecular complexity index is 487. The summed E-state index contributed by atoms with van der Waals surface area (Å²) in [6, 6.07) is 5.37. The molecule has 0 radical (unpaired) electrons. The third kappa shape index (κ3) is 3.70. The summed E-state index contributed by atoms with van der Waals surface area (Å²) in [7, 11) is 0. The van der Waals surface area contributed by atoms with Crippen LogP contribution in [0.25, 0.3) is 0 Å². The van der Waals surface area contributed by atoms with E-state index in [4.69, 9.17) is 5.73 Å². The fourth-order valence-electron chi connectivity index (χ4n) is 2.71. The number of nitrogens with two attached hydrogens (primary N) is 1. The Morgan fingerprint density at radius 2 is 2.10 bits per heavy atom. The number of hydrogen-bond acceptors (Lipinski definition) is 3. The van der Waals surface area contributed by atoms with Crippen molar-refractivity contribution in [3.63, 3.8) is 0 Å². The van der Waals surface area contributed by atoms with Crippen LogP contribution in [0.3, 0.4) is 0 Å². The summed E-state index contributed by atoms with van der Waals surface area (Å²) in [4.78, 5) is 12.3. The maximum Gasteiger partial charge on any atom is 0.253 e. The Morgan fingerprint density at radius 3 is 2.75 bits per heavy atom. The first-order valence-corrected chi connectivity index (χ1v) is 8.96. The molecule has 3 nitrogen and oxygen atoms in total. The van der Waals surface area contributed by atoms with Gasteiger partial charge in [0.15, 0.2) is 0 Å². The van der Waals surface area contributed by atoms with Gasteiger partial charge in [0.1, 0.15) is 0 Å². The number of nitrogens with one attached hydrogen (secondary N) is 1. The van der Waals surface area contributed by atoms with E-state index < -0.39 is 0 Å². The maximum absolute atomic E-state index is 12.3. The fourth-order valence-corrected chi connectivity index (χ4v) is 3.99. The highest BCUT2D eigenvalue weighted by Gasteiger charge is 2.31. The van der Waals surface area contributed by atoms with E-state index >= 15 is 0 Å². The number of rotatable bonds is 4. The SMILES string of the molecule is CSC1(CNC(=O)c2cc(Br)ccc2N)CCCCC1. The average Bonchev–Trinajstić information content (AvgIpc) is 2.48. The molecule has 1 fully saturated rings. The van der Waals surface area contributed by atoms with Gasteiger partial charge in [0.2, 0.25) is 0 Å². The number of benzene rings is 1. The number of carbonyl (C=O) groups is 1. The molecule has 1 aliphatic carbocycles. The van der Waals surface area contributed by atoms with Crippen molar-refractivity contribution >= 4 is 39.3 Å². The zero-order valence-electron chi connectivity index (χ0n) is 11.7. The van der Waals surface area contributed by atoms with Gasteiger partial charge in [-0.25, -0.2) is 0 Å². The van der Waals surface area contributed by atoms with Gasteiger partial charge in [0, 0.05) is 21.5 Å². The smallest absolute Gasteiger partial charge is 0.253 e. The molecule has 0 bridgehead atoms. The topological polar surface area (TPSA) is 55.1 Å². The van der Waals surface area contributed by atoms with Crippen LogP contribution in [-0.2, 0) is 0 Å². The van der Waals surface area contributed by atoms with Crippen LogP contribution in [-0.4, -0.2) is 23.5 Å². The standard InChI is InChI=1S/C15H21BrN2OS/c1-20-15(7-3-2-4-8-15)10-18-14(19)12-9-11(16)5-6-13(12)17/h5-6,9H,2-4,7-8,10,17H2,1H3,(H,18,19). The number of carbonyl (C=O) groups excluding carboxylic acids is 1. The van der Waals surface area contributed by atoms with Gasteiger partial charge in [-0.05, 0) is 37.3 Å². The second-order valence-electron chi connectivity index (χ2n) is 5.36. The Balaban J connectivity index is 2.02. The quantitative estimate of drug-likeness (QED) is 0.806. The van der Waals surface area contributed by atoms with E-state index in [9.17, 15) is 4.79 Å². The van der Waals surface area contributed by atoms with Crippen LogP contribution in [0.2, 0.25) is 0 Å². The van der Waals surface area contributed by atoms with Crippen LogP contribution >= 0.6 is 27.7 Å². The fraction of sp³-hybridized carbons (Fsp3) is 0.533. The van der Waals surface area contributed by atoms with Crippen molar-refractivity contribution in [2.24, 2.45) is 0 Å². The first-order chi connectivity index (χ1) is 9.56. The molecular weight excluding hydrogens is 336 g/mol. The molecule has 1 amide bonds. The van der Waals surface area contributed by atoms with Crippen LogP contribution < -0.4 is 11.1 Å². The van der Waals surface area contributed by atoms with Crippen molar-refractivity contribution in [2.45, 2.75) is 36.9 Å². The van der Waals surface area contributed by atoms with E-state index in [0.29, 0.717) is 11.3 Å². The lowest BCUT2D eigenvalue weighted by atomic mass is 9.88.